The van der Waals surface area contributed by atoms with Crippen LogP contribution in [0.15, 0.2) is 11.4 Å². The quantitative estimate of drug-likeness (QED) is 0.370. The number of hydrogen-bond donors (Lipinski definition) is 2. The predicted molar refractivity (Wildman–Crippen MR) is 81.8 cm³/mol. The van der Waals surface area contributed by atoms with Gasteiger partial charge in [0.1, 0.15) is 4.88 Å². The average molecular weight is 311 g/mol. The Morgan fingerprint density at radius 3 is 2.67 bits per heavy atom. The minimum atomic E-state index is -0.0714. The van der Waals surface area contributed by atoms with E-state index in [0.717, 1.165) is 24.5 Å². The molecule has 0 radical (unpaired) electrons. The predicted octanol–water partition coefficient (Wildman–Crippen LogP) is 0.734. The molecule has 3 N–H and O–H groups in total. The van der Waals surface area contributed by atoms with Crippen LogP contribution in [0, 0.1) is 6.92 Å². The molecular formula is C13H21N5O2S. The fraction of sp³-hybridized carbons (Fsp3) is 0.615. The summed E-state index contributed by atoms with van der Waals surface area (Å²) < 4.78 is 0. The van der Waals surface area contributed by atoms with E-state index in [2.05, 4.69) is 15.0 Å². The van der Waals surface area contributed by atoms with Crippen LogP contribution in [0.2, 0.25) is 0 Å². The van der Waals surface area contributed by atoms with Crippen molar-refractivity contribution in [1.29, 1.82) is 0 Å². The zero-order valence-electron chi connectivity index (χ0n) is 12.3. The third-order valence-electron chi connectivity index (χ3n) is 3.72. The van der Waals surface area contributed by atoms with Gasteiger partial charge < -0.3 is 15.8 Å². The molecule has 0 aromatic carbocycles. The molecular weight excluding hydrogens is 290 g/mol. The Hall–Kier alpha value is -1.67. The van der Waals surface area contributed by atoms with Crippen molar-refractivity contribution in [2.24, 2.45) is 10.9 Å². The van der Waals surface area contributed by atoms with Crippen LogP contribution in [0.5, 0.6) is 0 Å². The monoisotopic (exact) mass is 311 g/mol. The molecule has 21 heavy (non-hydrogen) atoms. The first kappa shape index (κ1) is 15.7. The lowest BCUT2D eigenvalue weighted by atomic mass is 10.1. The zero-order chi connectivity index (χ0) is 15.4. The highest BCUT2D eigenvalue weighted by atomic mass is 32.1. The van der Waals surface area contributed by atoms with Gasteiger partial charge in [-0.25, -0.2) is 4.98 Å². The largest absolute Gasteiger partial charge is 0.409 e. The molecule has 2 rings (SSSR count). The number of carbonyl (C=O) groups excluding carboxylic acids is 1. The molecule has 1 aliphatic rings. The number of amides is 1. The van der Waals surface area contributed by atoms with Crippen LogP contribution >= 0.6 is 11.3 Å². The fourth-order valence-corrected chi connectivity index (χ4v) is 3.32. The number of nitrogens with zero attached hydrogens (tertiary/aromatic N) is 4. The maximum atomic E-state index is 12.3. The van der Waals surface area contributed by atoms with Crippen LogP contribution in [-0.2, 0) is 0 Å². The lowest BCUT2D eigenvalue weighted by Gasteiger charge is -2.38. The first-order valence-corrected chi connectivity index (χ1v) is 7.81. The molecule has 1 unspecified atom stereocenters. The van der Waals surface area contributed by atoms with Crippen LogP contribution in [0.4, 0.5) is 0 Å². The highest BCUT2D eigenvalue weighted by Gasteiger charge is 2.28. The van der Waals surface area contributed by atoms with E-state index < -0.39 is 0 Å². The maximum absolute atomic E-state index is 12.3. The summed E-state index contributed by atoms with van der Waals surface area (Å²) >= 11 is 1.42. The molecule has 0 saturated carbocycles. The van der Waals surface area contributed by atoms with Crippen LogP contribution < -0.4 is 5.73 Å². The Bertz CT molecular complexity index is 522. The van der Waals surface area contributed by atoms with Crippen LogP contribution in [-0.4, -0.2) is 64.0 Å². The third-order valence-corrected chi connectivity index (χ3v) is 4.62. The van der Waals surface area contributed by atoms with Gasteiger partial charge in [-0.2, -0.15) is 0 Å². The standard InChI is InChI=1S/C13H21N5O2S/c1-3-10(12(14)16-20)17-4-6-18(7-5-17)13(19)11-8-15-9(2)21-11/h8,10,20H,3-7H2,1-2H3,(H2,14,16). The molecule has 0 bridgehead atoms. The minimum Gasteiger partial charge on any atom is -0.409 e. The molecule has 1 amide bonds. The Balaban J connectivity index is 1.95. The average Bonchev–Trinajstić information content (AvgIpc) is 2.94. The first-order valence-electron chi connectivity index (χ1n) is 7.00. The molecule has 1 fully saturated rings. The van der Waals surface area contributed by atoms with Gasteiger partial charge in [-0.15, -0.1) is 11.3 Å². The van der Waals surface area contributed by atoms with E-state index in [1.165, 1.54) is 11.3 Å². The van der Waals surface area contributed by atoms with Crippen LogP contribution in [0.1, 0.15) is 28.0 Å². The SMILES string of the molecule is CCC(C(N)=NO)N1CCN(C(=O)c2cnc(C)s2)CC1. The highest BCUT2D eigenvalue weighted by Crippen LogP contribution is 2.17. The molecule has 2 heterocycles. The summed E-state index contributed by atoms with van der Waals surface area (Å²) in [6.45, 7) is 6.62. The first-order chi connectivity index (χ1) is 10.1. The Morgan fingerprint density at radius 2 is 2.19 bits per heavy atom. The number of amidine groups is 1. The van der Waals surface area contributed by atoms with Gasteiger partial charge >= 0.3 is 0 Å². The van der Waals surface area contributed by atoms with Gasteiger partial charge in [-0.05, 0) is 13.3 Å². The molecule has 1 aromatic heterocycles. The lowest BCUT2D eigenvalue weighted by Crippen LogP contribution is -2.55. The number of carbonyl (C=O) groups is 1. The summed E-state index contributed by atoms with van der Waals surface area (Å²) in [6, 6.07) is -0.0714. The number of aryl methyl sites for hydroxylation is 1. The summed E-state index contributed by atoms with van der Waals surface area (Å²) in [5.74, 6) is 0.271. The number of hydrogen-bond acceptors (Lipinski definition) is 6. The van der Waals surface area contributed by atoms with Crippen molar-refractivity contribution in [2.75, 3.05) is 26.2 Å². The van der Waals surface area contributed by atoms with Gasteiger partial charge in [0, 0.05) is 26.2 Å². The van der Waals surface area contributed by atoms with Crippen LogP contribution in [0.3, 0.4) is 0 Å². The molecule has 1 aliphatic heterocycles. The fourth-order valence-electron chi connectivity index (χ4n) is 2.57. The zero-order valence-corrected chi connectivity index (χ0v) is 13.1. The van der Waals surface area contributed by atoms with E-state index in [-0.39, 0.29) is 17.8 Å². The van der Waals surface area contributed by atoms with Gasteiger partial charge in [0.25, 0.3) is 5.91 Å². The van der Waals surface area contributed by atoms with E-state index in [4.69, 9.17) is 10.9 Å². The van der Waals surface area contributed by atoms with Gasteiger partial charge in [-0.1, -0.05) is 12.1 Å². The number of nitrogens with two attached hydrogens (primary N) is 1. The summed E-state index contributed by atoms with van der Waals surface area (Å²) in [6.07, 6.45) is 2.41. The molecule has 8 heteroatoms. The second-order valence-corrected chi connectivity index (χ2v) is 6.26. The number of oxime groups is 1. The molecule has 0 spiro atoms. The summed E-state index contributed by atoms with van der Waals surface area (Å²) in [7, 11) is 0. The summed E-state index contributed by atoms with van der Waals surface area (Å²) in [4.78, 5) is 21.1. The van der Waals surface area contributed by atoms with Crippen molar-refractivity contribution < 1.29 is 10.0 Å². The van der Waals surface area contributed by atoms with Gasteiger partial charge in [-0.3, -0.25) is 9.69 Å². The summed E-state index contributed by atoms with van der Waals surface area (Å²) in [5.41, 5.74) is 5.72. The Labute approximate surface area is 128 Å². The second-order valence-electron chi connectivity index (χ2n) is 5.02. The van der Waals surface area contributed by atoms with Gasteiger partial charge in [0.05, 0.1) is 17.2 Å². The van der Waals surface area contributed by atoms with Crippen LogP contribution in [0.25, 0.3) is 0 Å². The molecule has 7 nitrogen and oxygen atoms in total. The topological polar surface area (TPSA) is 95.0 Å². The third kappa shape index (κ3) is 3.51. The Morgan fingerprint density at radius 1 is 1.52 bits per heavy atom. The molecule has 1 atom stereocenters. The van der Waals surface area contributed by atoms with E-state index in [1.807, 2.05) is 18.7 Å². The number of thiazole rings is 1. The second kappa shape index (κ2) is 6.86. The maximum Gasteiger partial charge on any atom is 0.265 e. The molecule has 116 valence electrons. The van der Waals surface area contributed by atoms with Crippen molar-refractivity contribution in [3.05, 3.63) is 16.1 Å². The molecule has 0 aliphatic carbocycles. The molecule has 1 aromatic rings. The van der Waals surface area contributed by atoms with Crippen molar-refractivity contribution in [3.8, 4) is 0 Å². The lowest BCUT2D eigenvalue weighted by molar-refractivity contribution is 0.0613. The molecule has 1 saturated heterocycles. The minimum absolute atomic E-state index is 0.0390. The smallest absolute Gasteiger partial charge is 0.265 e. The van der Waals surface area contributed by atoms with Crippen molar-refractivity contribution >= 4 is 23.1 Å². The van der Waals surface area contributed by atoms with Gasteiger partial charge in [0.15, 0.2) is 5.84 Å². The number of piperazine rings is 1. The van der Waals surface area contributed by atoms with E-state index in [1.54, 1.807) is 6.20 Å². The highest BCUT2D eigenvalue weighted by molar-refractivity contribution is 7.13. The number of rotatable bonds is 4. The van der Waals surface area contributed by atoms with Gasteiger partial charge in [0.2, 0.25) is 0 Å². The normalized spacial score (nSPS) is 18.8. The van der Waals surface area contributed by atoms with Crippen molar-refractivity contribution in [3.63, 3.8) is 0 Å². The Kier molecular flexibility index (Phi) is 5.13. The summed E-state index contributed by atoms with van der Waals surface area (Å²) in [5, 5.41) is 12.8. The van der Waals surface area contributed by atoms with Crippen molar-refractivity contribution in [1.82, 2.24) is 14.8 Å². The van der Waals surface area contributed by atoms with Crippen molar-refractivity contribution in [2.45, 2.75) is 26.3 Å². The van der Waals surface area contributed by atoms with E-state index in [9.17, 15) is 4.79 Å². The number of aromatic nitrogens is 1. The van der Waals surface area contributed by atoms with E-state index in [0.29, 0.717) is 18.0 Å². The van der Waals surface area contributed by atoms with E-state index >= 15 is 0 Å².